The van der Waals surface area contributed by atoms with Gasteiger partial charge in [0.15, 0.2) is 11.5 Å². The molecule has 1 fully saturated rings. The lowest BCUT2D eigenvalue weighted by atomic mass is 9.68. The number of aliphatic hydroxyl groups excluding tert-OH is 1. The summed E-state index contributed by atoms with van der Waals surface area (Å²) in [6, 6.07) is 28.4. The molecule has 0 radical (unpaired) electrons. The molecule has 8 rings (SSSR count). The molecule has 3 unspecified atom stereocenters. The number of likely N-dealkylation sites (N-methyl/N-ethyl adjacent to an activating group) is 1. The number of rotatable bonds is 11. The fourth-order valence-corrected chi connectivity index (χ4v) is 9.44. The lowest BCUT2D eigenvalue weighted by molar-refractivity contribution is 0.0170. The van der Waals surface area contributed by atoms with Crippen molar-refractivity contribution in [1.29, 1.82) is 0 Å². The van der Waals surface area contributed by atoms with E-state index < -0.39 is 12.3 Å². The van der Waals surface area contributed by atoms with Crippen molar-refractivity contribution in [3.05, 3.63) is 142 Å². The molecule has 4 bridgehead atoms. The van der Waals surface area contributed by atoms with Crippen LogP contribution in [-0.4, -0.2) is 71.7 Å². The van der Waals surface area contributed by atoms with Crippen molar-refractivity contribution in [3.8, 4) is 17.2 Å². The molecule has 0 spiro atoms. The number of unbranched alkanes of at least 4 members (excludes halogenated alkanes) is 3. The molecule has 61 heavy (non-hydrogen) atoms. The van der Waals surface area contributed by atoms with Crippen LogP contribution in [0.3, 0.4) is 0 Å². The minimum absolute atomic E-state index is 0.0877. The number of nitrogens with two attached hydrogens (primary N) is 1. The maximum Gasteiger partial charge on any atom is 0.161 e. The molecule has 7 N–H and O–H groups in total. The predicted molar refractivity (Wildman–Crippen MR) is 242 cm³/mol. The second kappa shape index (κ2) is 19.7. The Hall–Kier alpha value is -5.10. The zero-order valence-electron chi connectivity index (χ0n) is 35.5. The zero-order valence-corrected chi connectivity index (χ0v) is 35.5. The number of aromatic hydroxyl groups is 2. The topological polar surface area (TPSA) is 143 Å². The lowest BCUT2D eigenvalue weighted by Crippen LogP contribution is -2.44. The van der Waals surface area contributed by atoms with Crippen LogP contribution in [-0.2, 0) is 34.3 Å². The number of aryl methyl sites for hydroxylation is 2. The van der Waals surface area contributed by atoms with Crippen LogP contribution in [0.4, 0.5) is 0 Å². The standard InChI is InChI=1S/C51H62N4O6/c1-53-30-37-26-40-34-60-45(12-8-3-2-5-9-35-13-17-43(56)18-14-35)29-44(57)19-15-36-16-20-47(58)48(25-36)61-33-39-28-42(27-38-31-55(32-46(38)39)50(40)54-49(37)52)51(21-23-59-24-22-51)41-10-6-4-7-11-41/h4,6-7,10-11,13-14,16-18,20,25-28,31-32,44-45,49,53-54,56-58H,2-3,5,8-9,12,15,19,21-24,29-30,33-34,52H2,1H3. The highest BCUT2D eigenvalue weighted by Crippen LogP contribution is 2.43. The molecule has 10 nitrogen and oxygen atoms in total. The molecule has 0 saturated carbocycles. The van der Waals surface area contributed by atoms with Crippen LogP contribution in [0.25, 0.3) is 16.6 Å². The van der Waals surface area contributed by atoms with Gasteiger partial charge in [0, 0.05) is 53.9 Å². The molecule has 4 heterocycles. The Balaban J connectivity index is 1.15. The van der Waals surface area contributed by atoms with E-state index in [2.05, 4.69) is 76.1 Å². The Labute approximate surface area is 360 Å². The number of nitrogens with one attached hydrogen (secondary N) is 2. The molecule has 5 aromatic rings. The first-order chi connectivity index (χ1) is 29.8. The Morgan fingerprint density at radius 3 is 2.49 bits per heavy atom. The van der Waals surface area contributed by atoms with Crippen molar-refractivity contribution in [2.75, 3.05) is 33.4 Å². The average molecular weight is 827 g/mol. The van der Waals surface area contributed by atoms with E-state index in [4.69, 9.17) is 19.9 Å². The Morgan fingerprint density at radius 2 is 1.69 bits per heavy atom. The minimum atomic E-state index is -0.567. The van der Waals surface area contributed by atoms with Gasteiger partial charge in [-0.25, -0.2) is 0 Å². The maximum atomic E-state index is 11.5. The summed E-state index contributed by atoms with van der Waals surface area (Å²) in [7, 11) is 1.93. The summed E-state index contributed by atoms with van der Waals surface area (Å²) in [6.45, 7) is 2.59. The SMILES string of the molecule is CNCC1=CC2=C(NC1N)n1cc3cc(C4(c5ccccc5)CCOCC4)cc(c3c1)COc1cc(ccc1O)CCC(O)CC(CCCCCCc1ccc(O)cc1)OC2. The van der Waals surface area contributed by atoms with E-state index in [-0.39, 0.29) is 23.9 Å². The van der Waals surface area contributed by atoms with Gasteiger partial charge in [0.25, 0.3) is 0 Å². The summed E-state index contributed by atoms with van der Waals surface area (Å²) in [5.74, 6) is 1.67. The summed E-state index contributed by atoms with van der Waals surface area (Å²) in [4.78, 5) is 0. The van der Waals surface area contributed by atoms with Crippen molar-refractivity contribution >= 4 is 16.6 Å². The number of phenols is 2. The molecule has 3 atom stereocenters. The fourth-order valence-electron chi connectivity index (χ4n) is 9.44. The van der Waals surface area contributed by atoms with E-state index >= 15 is 0 Å². The molecule has 3 aliphatic rings. The number of hydrogen-bond donors (Lipinski definition) is 6. The van der Waals surface area contributed by atoms with Gasteiger partial charge < -0.3 is 50.5 Å². The minimum Gasteiger partial charge on any atom is -0.508 e. The summed E-state index contributed by atoms with van der Waals surface area (Å²) in [5.41, 5.74) is 14.3. The number of ether oxygens (including phenoxy) is 3. The van der Waals surface area contributed by atoms with Gasteiger partial charge in [-0.3, -0.25) is 0 Å². The zero-order chi connectivity index (χ0) is 42.2. The second-order valence-corrected chi connectivity index (χ2v) is 17.2. The Kier molecular flexibility index (Phi) is 13.8. The first kappa shape index (κ1) is 42.6. The molecular weight excluding hydrogens is 765 g/mol. The van der Waals surface area contributed by atoms with Crippen LogP contribution < -0.4 is 21.1 Å². The van der Waals surface area contributed by atoms with E-state index in [9.17, 15) is 15.3 Å². The van der Waals surface area contributed by atoms with E-state index in [1.165, 1.54) is 16.7 Å². The molecule has 322 valence electrons. The van der Waals surface area contributed by atoms with Crippen molar-refractivity contribution < 1.29 is 29.5 Å². The highest BCUT2D eigenvalue weighted by atomic mass is 16.5. The number of phenolic OH excluding ortho intramolecular Hbond substituents is 2. The van der Waals surface area contributed by atoms with Crippen LogP contribution in [0.15, 0.2) is 115 Å². The monoisotopic (exact) mass is 826 g/mol. The molecule has 0 aliphatic carbocycles. The van der Waals surface area contributed by atoms with Gasteiger partial charge in [-0.2, -0.15) is 0 Å². The lowest BCUT2D eigenvalue weighted by Gasteiger charge is -2.39. The van der Waals surface area contributed by atoms with Crippen molar-refractivity contribution in [2.24, 2.45) is 5.73 Å². The third-order valence-electron chi connectivity index (χ3n) is 12.9. The highest BCUT2D eigenvalue weighted by Gasteiger charge is 2.37. The summed E-state index contributed by atoms with van der Waals surface area (Å²) in [5, 5.41) is 41.2. The number of nitrogens with zero attached hydrogens (tertiary/aromatic N) is 1. The summed E-state index contributed by atoms with van der Waals surface area (Å²) >= 11 is 0. The van der Waals surface area contributed by atoms with Gasteiger partial charge in [0.2, 0.25) is 0 Å². The first-order valence-electron chi connectivity index (χ1n) is 22.2. The number of dihydropyridines is 1. The molecule has 10 heteroatoms. The number of fused-ring (bicyclic) bond motifs is 4. The molecule has 3 aliphatic heterocycles. The summed E-state index contributed by atoms with van der Waals surface area (Å²) < 4.78 is 21.5. The van der Waals surface area contributed by atoms with Crippen molar-refractivity contribution in [3.63, 3.8) is 0 Å². The average Bonchev–Trinajstić information content (AvgIpc) is 3.72. The molecule has 1 aromatic heterocycles. The van der Waals surface area contributed by atoms with Crippen LogP contribution in [0.5, 0.6) is 17.2 Å². The highest BCUT2D eigenvalue weighted by molar-refractivity contribution is 5.88. The van der Waals surface area contributed by atoms with Gasteiger partial charge in [0.05, 0.1) is 25.0 Å². The Bertz CT molecular complexity index is 2300. The largest absolute Gasteiger partial charge is 0.508 e. The fraction of sp³-hybridized carbons (Fsp3) is 0.412. The third kappa shape index (κ3) is 10.2. The van der Waals surface area contributed by atoms with E-state index in [0.717, 1.165) is 90.2 Å². The van der Waals surface area contributed by atoms with Gasteiger partial charge in [0.1, 0.15) is 18.2 Å². The molecule has 1 saturated heterocycles. The van der Waals surface area contributed by atoms with Crippen LogP contribution in [0, 0.1) is 0 Å². The Morgan fingerprint density at radius 1 is 0.885 bits per heavy atom. The predicted octanol–water partition coefficient (Wildman–Crippen LogP) is 8.21. The van der Waals surface area contributed by atoms with E-state index in [0.29, 0.717) is 57.1 Å². The molecule has 0 amide bonds. The van der Waals surface area contributed by atoms with Crippen LogP contribution in [0.1, 0.15) is 85.6 Å². The number of hydrogen-bond acceptors (Lipinski definition) is 9. The quantitative estimate of drug-likeness (QED) is 0.0727. The van der Waals surface area contributed by atoms with Gasteiger partial charge >= 0.3 is 0 Å². The van der Waals surface area contributed by atoms with Crippen LogP contribution in [0.2, 0.25) is 0 Å². The van der Waals surface area contributed by atoms with Gasteiger partial charge in [-0.1, -0.05) is 73.9 Å². The van der Waals surface area contributed by atoms with E-state index in [1.807, 2.05) is 31.3 Å². The molecular formula is C51H62N4O6. The second-order valence-electron chi connectivity index (χ2n) is 17.2. The van der Waals surface area contributed by atoms with Gasteiger partial charge in [-0.15, -0.1) is 0 Å². The number of aliphatic hydroxyl groups is 1. The molecule has 4 aromatic carbocycles. The first-order valence-corrected chi connectivity index (χ1v) is 22.2. The smallest absolute Gasteiger partial charge is 0.161 e. The number of aromatic nitrogens is 1. The number of benzene rings is 4. The van der Waals surface area contributed by atoms with Crippen molar-refractivity contribution in [1.82, 2.24) is 15.2 Å². The third-order valence-corrected chi connectivity index (χ3v) is 12.9. The maximum absolute atomic E-state index is 11.5. The normalized spacial score (nSPS) is 20.9. The van der Waals surface area contributed by atoms with Gasteiger partial charge in [-0.05, 0) is 128 Å². The summed E-state index contributed by atoms with van der Waals surface area (Å²) in [6.07, 6.45) is 14.9. The van der Waals surface area contributed by atoms with Crippen LogP contribution >= 0.6 is 0 Å². The van der Waals surface area contributed by atoms with Crippen molar-refractivity contribution in [2.45, 2.75) is 101 Å². The van der Waals surface area contributed by atoms with E-state index in [1.54, 1.807) is 18.2 Å².